The van der Waals surface area contributed by atoms with Crippen LogP contribution in [0.25, 0.3) is 43.6 Å². The molecule has 3 aromatic carbocycles. The summed E-state index contributed by atoms with van der Waals surface area (Å²) in [5, 5.41) is 17.1. The average Bonchev–Trinajstić information content (AvgIpc) is 3.41. The van der Waals surface area contributed by atoms with Crippen LogP contribution >= 0.6 is 0 Å². The molecule has 3 atom stereocenters. The fourth-order valence-electron chi connectivity index (χ4n) is 6.52. The van der Waals surface area contributed by atoms with Gasteiger partial charge in [-0.05, 0) is 31.9 Å². The number of nitrogens with one attached hydrogen (secondary N) is 1. The molecule has 0 spiro atoms. The van der Waals surface area contributed by atoms with Crippen molar-refractivity contribution >= 4 is 55.4 Å². The molecule has 2 N–H and O–H groups in total. The number of nitrogens with zero attached hydrogens (tertiary/aromatic N) is 2. The van der Waals surface area contributed by atoms with Crippen LogP contribution in [0, 0.1) is 0 Å². The first-order chi connectivity index (χ1) is 16.0. The van der Waals surface area contributed by atoms with Gasteiger partial charge in [-0.15, -0.1) is 0 Å². The number of carbonyl (C=O) groups is 2. The van der Waals surface area contributed by atoms with Gasteiger partial charge in [0, 0.05) is 21.5 Å². The number of hydrogen-bond acceptors (Lipinski definition) is 4. The number of aromatic nitrogens is 2. The lowest BCUT2D eigenvalue weighted by atomic mass is 9.96. The van der Waals surface area contributed by atoms with Gasteiger partial charge >= 0.3 is 0 Å². The van der Waals surface area contributed by atoms with E-state index in [1.807, 2.05) is 55.5 Å². The maximum atomic E-state index is 13.2. The van der Waals surface area contributed by atoms with Gasteiger partial charge in [-0.2, -0.15) is 0 Å². The van der Waals surface area contributed by atoms with E-state index >= 15 is 0 Å². The number of imide groups is 1. The summed E-state index contributed by atoms with van der Waals surface area (Å²) < 4.78 is 11.0. The lowest BCUT2D eigenvalue weighted by molar-refractivity contribution is -0.240. The third-order valence-electron chi connectivity index (χ3n) is 7.85. The Bertz CT molecular complexity index is 1760. The van der Waals surface area contributed by atoms with E-state index in [-0.39, 0.29) is 18.0 Å². The Morgan fingerprint density at radius 3 is 2.24 bits per heavy atom. The number of fused-ring (bicyclic) bond motifs is 13. The molecule has 1 saturated heterocycles. The molecular formula is C26H19N3O4. The Balaban J connectivity index is 1.80. The number of benzene rings is 3. The lowest BCUT2D eigenvalue weighted by Gasteiger charge is -2.43. The quantitative estimate of drug-likeness (QED) is 0.357. The van der Waals surface area contributed by atoms with E-state index in [2.05, 4.69) is 14.5 Å². The number of aliphatic hydroxyl groups excluding tert-OH is 1. The van der Waals surface area contributed by atoms with Crippen molar-refractivity contribution in [1.29, 1.82) is 0 Å². The van der Waals surface area contributed by atoms with Crippen molar-refractivity contribution in [2.45, 2.75) is 37.8 Å². The monoisotopic (exact) mass is 437 g/mol. The smallest absolute Gasteiger partial charge is 0.259 e. The van der Waals surface area contributed by atoms with Gasteiger partial charge in [0.15, 0.2) is 5.72 Å². The highest BCUT2D eigenvalue weighted by molar-refractivity contribution is 6.39. The minimum absolute atomic E-state index is 0.305. The minimum Gasteiger partial charge on any atom is -0.388 e. The third kappa shape index (κ3) is 1.80. The molecule has 0 radical (unpaired) electrons. The van der Waals surface area contributed by atoms with Crippen LogP contribution in [0.5, 0.6) is 0 Å². The van der Waals surface area contributed by atoms with Crippen LogP contribution in [0.3, 0.4) is 0 Å². The van der Waals surface area contributed by atoms with Gasteiger partial charge in [0.05, 0.1) is 33.2 Å². The highest BCUT2D eigenvalue weighted by atomic mass is 16.6. The summed E-state index contributed by atoms with van der Waals surface area (Å²) in [7, 11) is 0. The zero-order chi connectivity index (χ0) is 22.2. The summed E-state index contributed by atoms with van der Waals surface area (Å²) in [6.07, 6.45) is 0.205. The number of amides is 2. The molecule has 2 aromatic heterocycles. The molecule has 33 heavy (non-hydrogen) atoms. The van der Waals surface area contributed by atoms with E-state index in [0.717, 1.165) is 43.6 Å². The number of aliphatic hydroxyl groups is 1. The highest BCUT2D eigenvalue weighted by Crippen LogP contribution is 2.53. The number of rotatable bonds is 0. The topological polar surface area (TPSA) is 85.5 Å². The molecule has 5 heterocycles. The van der Waals surface area contributed by atoms with E-state index in [9.17, 15) is 14.7 Å². The van der Waals surface area contributed by atoms with Crippen molar-refractivity contribution in [3.8, 4) is 0 Å². The van der Waals surface area contributed by atoms with Crippen molar-refractivity contribution < 1.29 is 19.4 Å². The van der Waals surface area contributed by atoms with Crippen LogP contribution < -0.4 is 5.32 Å². The highest BCUT2D eigenvalue weighted by Gasteiger charge is 2.49. The van der Waals surface area contributed by atoms with Crippen LogP contribution in [0.2, 0.25) is 0 Å². The standard InChI is InChI=1S/C26H19N3O4/c1-26-16(30)10-11-17(33-26)28-14-8-4-2-6-12(14)18-20-21(25(32)27-24(20)31)19-13-7-3-5-9-15(13)29(26)23(19)22(18)28/h2-9,16-17,30H,10-11H2,1H3,(H,27,31,32)/t16-,17-,26+/m1/s1. The molecule has 3 aliphatic rings. The van der Waals surface area contributed by atoms with Crippen molar-refractivity contribution in [2.75, 3.05) is 0 Å². The predicted octanol–water partition coefficient (Wildman–Crippen LogP) is 4.14. The van der Waals surface area contributed by atoms with E-state index in [1.165, 1.54) is 0 Å². The van der Waals surface area contributed by atoms with Crippen LogP contribution in [0.15, 0.2) is 48.5 Å². The van der Waals surface area contributed by atoms with Gasteiger partial charge < -0.3 is 19.0 Å². The van der Waals surface area contributed by atoms with E-state index in [4.69, 9.17) is 4.74 Å². The SMILES string of the molecule is C[C@]12O[C@H](CC[C@H]1O)n1c3ccccc3c3c4c(c5c6ccccc6n2c5c31)C(=O)NC4=O. The van der Waals surface area contributed by atoms with Crippen LogP contribution in [0.1, 0.15) is 46.7 Å². The molecule has 7 nitrogen and oxygen atoms in total. The summed E-state index contributed by atoms with van der Waals surface area (Å²) >= 11 is 0. The second kappa shape index (κ2) is 5.44. The van der Waals surface area contributed by atoms with Crippen LogP contribution in [0.4, 0.5) is 0 Å². The number of ether oxygens (including phenoxy) is 1. The molecule has 162 valence electrons. The zero-order valence-corrected chi connectivity index (χ0v) is 17.8. The molecule has 1 fully saturated rings. The number of carbonyl (C=O) groups excluding carboxylic acids is 2. The maximum absolute atomic E-state index is 13.2. The Morgan fingerprint density at radius 1 is 0.909 bits per heavy atom. The second-order valence-corrected chi connectivity index (χ2v) is 9.44. The molecule has 0 aliphatic carbocycles. The van der Waals surface area contributed by atoms with Crippen molar-refractivity contribution in [3.63, 3.8) is 0 Å². The first kappa shape index (κ1) is 17.8. The summed E-state index contributed by atoms with van der Waals surface area (Å²) in [6, 6.07) is 15.8. The molecule has 0 unspecified atom stereocenters. The number of para-hydroxylation sites is 2. The Hall–Kier alpha value is -3.68. The van der Waals surface area contributed by atoms with Gasteiger partial charge in [0.25, 0.3) is 11.8 Å². The Kier molecular flexibility index (Phi) is 2.94. The summed E-state index contributed by atoms with van der Waals surface area (Å²) in [6.45, 7) is 1.93. The first-order valence-corrected chi connectivity index (χ1v) is 11.2. The van der Waals surface area contributed by atoms with Gasteiger partial charge in [0.1, 0.15) is 12.3 Å². The fourth-order valence-corrected chi connectivity index (χ4v) is 6.52. The zero-order valence-electron chi connectivity index (χ0n) is 17.8. The van der Waals surface area contributed by atoms with Crippen molar-refractivity contribution in [1.82, 2.24) is 14.5 Å². The Morgan fingerprint density at radius 2 is 1.52 bits per heavy atom. The first-order valence-electron chi connectivity index (χ1n) is 11.2. The number of hydrogen-bond donors (Lipinski definition) is 2. The van der Waals surface area contributed by atoms with Gasteiger partial charge in [-0.1, -0.05) is 36.4 Å². The molecule has 5 aromatic rings. The van der Waals surface area contributed by atoms with Crippen LogP contribution in [-0.2, 0) is 10.5 Å². The molecule has 8 rings (SSSR count). The molecule has 0 saturated carbocycles. The summed E-state index contributed by atoms with van der Waals surface area (Å²) in [5.74, 6) is -0.744. The van der Waals surface area contributed by atoms with Gasteiger partial charge in [0.2, 0.25) is 0 Å². The molecular weight excluding hydrogens is 418 g/mol. The molecule has 3 aliphatic heterocycles. The molecule has 2 amide bonds. The Labute approximate surface area is 187 Å². The second-order valence-electron chi connectivity index (χ2n) is 9.44. The van der Waals surface area contributed by atoms with E-state index < -0.39 is 11.8 Å². The summed E-state index contributed by atoms with van der Waals surface area (Å²) in [5.41, 5.74) is 3.36. The minimum atomic E-state index is -1.02. The van der Waals surface area contributed by atoms with Gasteiger partial charge in [-0.3, -0.25) is 14.9 Å². The van der Waals surface area contributed by atoms with Crippen molar-refractivity contribution in [2.24, 2.45) is 0 Å². The van der Waals surface area contributed by atoms with Gasteiger partial charge in [-0.25, -0.2) is 0 Å². The molecule has 7 heteroatoms. The summed E-state index contributed by atoms with van der Waals surface area (Å²) in [4.78, 5) is 26.3. The van der Waals surface area contributed by atoms with E-state index in [1.54, 1.807) is 0 Å². The average molecular weight is 437 g/mol. The van der Waals surface area contributed by atoms with E-state index in [0.29, 0.717) is 24.0 Å². The van der Waals surface area contributed by atoms with Crippen molar-refractivity contribution in [3.05, 3.63) is 59.7 Å². The normalized spacial score (nSPS) is 26.0. The maximum Gasteiger partial charge on any atom is 0.259 e. The van der Waals surface area contributed by atoms with Crippen LogP contribution in [-0.4, -0.2) is 32.2 Å². The largest absolute Gasteiger partial charge is 0.388 e. The molecule has 2 bridgehead atoms. The predicted molar refractivity (Wildman–Crippen MR) is 123 cm³/mol. The lowest BCUT2D eigenvalue weighted by Crippen LogP contribution is -2.48. The fraction of sp³-hybridized carbons (Fsp3) is 0.231. The third-order valence-corrected chi connectivity index (χ3v) is 7.85.